The zero-order valence-corrected chi connectivity index (χ0v) is 13.7. The third-order valence-electron chi connectivity index (χ3n) is 5.03. The van der Waals surface area contributed by atoms with Gasteiger partial charge < -0.3 is 10.4 Å². The largest absolute Gasteiger partial charge is 0.478 e. The number of amides is 1. The SMILES string of the molecule is Cc1c(NC(=O)C2(c3ccccc3)CCCC2)cccc1C(=O)O. The van der Waals surface area contributed by atoms with Crippen LogP contribution in [0.2, 0.25) is 0 Å². The molecule has 0 unspecified atom stereocenters. The number of anilines is 1. The third kappa shape index (κ3) is 2.80. The summed E-state index contributed by atoms with van der Waals surface area (Å²) in [5.41, 5.74) is 1.88. The first-order chi connectivity index (χ1) is 11.5. The minimum Gasteiger partial charge on any atom is -0.478 e. The van der Waals surface area contributed by atoms with Crippen molar-refractivity contribution in [3.05, 3.63) is 65.2 Å². The molecule has 2 N–H and O–H groups in total. The first-order valence-electron chi connectivity index (χ1n) is 8.24. The molecule has 124 valence electrons. The van der Waals surface area contributed by atoms with Crippen molar-refractivity contribution in [1.82, 2.24) is 0 Å². The van der Waals surface area contributed by atoms with Gasteiger partial charge >= 0.3 is 5.97 Å². The van der Waals surface area contributed by atoms with Gasteiger partial charge in [-0.25, -0.2) is 4.79 Å². The fourth-order valence-corrected chi connectivity index (χ4v) is 3.63. The number of carboxylic acid groups (broad SMARTS) is 1. The van der Waals surface area contributed by atoms with Crippen molar-refractivity contribution in [2.75, 3.05) is 5.32 Å². The Morgan fingerprint density at radius 2 is 1.67 bits per heavy atom. The maximum absolute atomic E-state index is 13.1. The molecular formula is C20H21NO3. The van der Waals surface area contributed by atoms with E-state index < -0.39 is 11.4 Å². The summed E-state index contributed by atoms with van der Waals surface area (Å²) in [4.78, 5) is 24.4. The minimum atomic E-state index is -0.984. The van der Waals surface area contributed by atoms with Crippen LogP contribution >= 0.6 is 0 Å². The van der Waals surface area contributed by atoms with Crippen LogP contribution in [0.3, 0.4) is 0 Å². The lowest BCUT2D eigenvalue weighted by atomic mass is 9.78. The summed E-state index contributed by atoms with van der Waals surface area (Å²) < 4.78 is 0. The Kier molecular flexibility index (Phi) is 4.38. The number of hydrogen-bond acceptors (Lipinski definition) is 2. The number of hydrogen-bond donors (Lipinski definition) is 2. The maximum atomic E-state index is 13.1. The molecule has 0 spiro atoms. The molecule has 24 heavy (non-hydrogen) atoms. The summed E-state index contributed by atoms with van der Waals surface area (Å²) in [6.45, 7) is 1.73. The Balaban J connectivity index is 1.94. The van der Waals surface area contributed by atoms with E-state index in [1.165, 1.54) is 0 Å². The molecule has 1 amide bonds. The molecule has 0 heterocycles. The van der Waals surface area contributed by atoms with Crippen LogP contribution in [0.1, 0.15) is 47.2 Å². The van der Waals surface area contributed by atoms with Gasteiger partial charge in [-0.1, -0.05) is 49.2 Å². The molecule has 3 rings (SSSR count). The molecule has 2 aromatic rings. The highest BCUT2D eigenvalue weighted by molar-refractivity contribution is 6.01. The standard InChI is InChI=1S/C20H21NO3/c1-14-16(18(22)23)10-7-11-17(14)21-19(24)20(12-5-6-13-20)15-8-3-2-4-9-15/h2-4,7-11H,5-6,12-13H2,1H3,(H,21,24)(H,22,23). The molecule has 4 heteroatoms. The van der Waals surface area contributed by atoms with Crippen molar-refractivity contribution >= 4 is 17.6 Å². The van der Waals surface area contributed by atoms with E-state index in [0.717, 1.165) is 31.2 Å². The highest BCUT2D eigenvalue weighted by Gasteiger charge is 2.42. The number of rotatable bonds is 4. The average molecular weight is 323 g/mol. The van der Waals surface area contributed by atoms with Crippen LogP contribution in [0.4, 0.5) is 5.69 Å². The summed E-state index contributed by atoms with van der Waals surface area (Å²) in [6.07, 6.45) is 3.69. The van der Waals surface area contributed by atoms with E-state index in [-0.39, 0.29) is 11.5 Å². The van der Waals surface area contributed by atoms with Crippen LogP contribution in [-0.4, -0.2) is 17.0 Å². The lowest BCUT2D eigenvalue weighted by molar-refractivity contribution is -0.121. The second-order valence-corrected chi connectivity index (χ2v) is 6.39. The third-order valence-corrected chi connectivity index (χ3v) is 5.03. The van der Waals surface area contributed by atoms with Crippen molar-refractivity contribution in [1.29, 1.82) is 0 Å². The Morgan fingerprint density at radius 1 is 1.00 bits per heavy atom. The summed E-state index contributed by atoms with van der Waals surface area (Å²) in [5.74, 6) is -1.03. The second-order valence-electron chi connectivity index (χ2n) is 6.39. The van der Waals surface area contributed by atoms with Gasteiger partial charge in [0.1, 0.15) is 0 Å². The molecule has 0 bridgehead atoms. The second kappa shape index (κ2) is 6.48. The van der Waals surface area contributed by atoms with Crippen molar-refractivity contribution in [2.45, 2.75) is 38.0 Å². The van der Waals surface area contributed by atoms with Crippen LogP contribution in [0, 0.1) is 6.92 Å². The lowest BCUT2D eigenvalue weighted by Crippen LogP contribution is -2.38. The van der Waals surface area contributed by atoms with E-state index >= 15 is 0 Å². The highest BCUT2D eigenvalue weighted by Crippen LogP contribution is 2.42. The number of carbonyl (C=O) groups is 2. The molecule has 0 aliphatic heterocycles. The molecule has 1 fully saturated rings. The van der Waals surface area contributed by atoms with Crippen molar-refractivity contribution in [3.63, 3.8) is 0 Å². The monoisotopic (exact) mass is 323 g/mol. The molecule has 0 aromatic heterocycles. The van der Waals surface area contributed by atoms with Gasteiger partial charge in [0.2, 0.25) is 5.91 Å². The Labute approximate surface area is 141 Å². The number of nitrogens with one attached hydrogen (secondary N) is 1. The molecule has 1 saturated carbocycles. The topological polar surface area (TPSA) is 66.4 Å². The van der Waals surface area contributed by atoms with Crippen LogP contribution < -0.4 is 5.32 Å². The molecule has 0 radical (unpaired) electrons. The number of carbonyl (C=O) groups excluding carboxylic acids is 1. The van der Waals surface area contributed by atoms with E-state index in [0.29, 0.717) is 11.3 Å². The van der Waals surface area contributed by atoms with Crippen molar-refractivity contribution in [3.8, 4) is 0 Å². The summed E-state index contributed by atoms with van der Waals surface area (Å²) in [7, 11) is 0. The summed E-state index contributed by atoms with van der Waals surface area (Å²) in [6, 6.07) is 14.8. The predicted octanol–water partition coefficient (Wildman–Crippen LogP) is 4.14. The van der Waals surface area contributed by atoms with Gasteiger partial charge in [-0.3, -0.25) is 4.79 Å². The maximum Gasteiger partial charge on any atom is 0.336 e. The molecule has 4 nitrogen and oxygen atoms in total. The van der Waals surface area contributed by atoms with Crippen LogP contribution in [-0.2, 0) is 10.2 Å². The smallest absolute Gasteiger partial charge is 0.336 e. The van der Waals surface area contributed by atoms with E-state index in [4.69, 9.17) is 0 Å². The summed E-state index contributed by atoms with van der Waals surface area (Å²) in [5, 5.41) is 12.2. The van der Waals surface area contributed by atoms with Crippen molar-refractivity contribution < 1.29 is 14.7 Å². The fourth-order valence-electron chi connectivity index (χ4n) is 3.63. The molecule has 0 atom stereocenters. The zero-order chi connectivity index (χ0) is 17.2. The van der Waals surface area contributed by atoms with Crippen LogP contribution in [0.25, 0.3) is 0 Å². The number of benzene rings is 2. The molecule has 0 saturated heterocycles. The highest BCUT2D eigenvalue weighted by atomic mass is 16.4. The molecule has 1 aliphatic rings. The Bertz CT molecular complexity index is 762. The van der Waals surface area contributed by atoms with Gasteiger partial charge in [0, 0.05) is 5.69 Å². The Morgan fingerprint density at radius 3 is 2.29 bits per heavy atom. The van der Waals surface area contributed by atoms with E-state index in [2.05, 4.69) is 5.32 Å². The van der Waals surface area contributed by atoms with Gasteiger partial charge in [-0.05, 0) is 43.0 Å². The molecular weight excluding hydrogens is 302 g/mol. The average Bonchev–Trinajstić information content (AvgIpc) is 3.08. The van der Waals surface area contributed by atoms with E-state index in [9.17, 15) is 14.7 Å². The quantitative estimate of drug-likeness (QED) is 0.888. The van der Waals surface area contributed by atoms with Crippen molar-refractivity contribution in [2.24, 2.45) is 0 Å². The minimum absolute atomic E-state index is 0.0446. The first kappa shape index (κ1) is 16.2. The van der Waals surface area contributed by atoms with Gasteiger partial charge in [0.25, 0.3) is 0 Å². The molecule has 2 aromatic carbocycles. The lowest BCUT2D eigenvalue weighted by Gasteiger charge is -2.28. The zero-order valence-electron chi connectivity index (χ0n) is 13.7. The molecule has 1 aliphatic carbocycles. The van der Waals surface area contributed by atoms with E-state index in [1.54, 1.807) is 25.1 Å². The van der Waals surface area contributed by atoms with E-state index in [1.807, 2.05) is 30.3 Å². The first-order valence-corrected chi connectivity index (χ1v) is 8.24. The van der Waals surface area contributed by atoms with Gasteiger partial charge in [-0.15, -0.1) is 0 Å². The van der Waals surface area contributed by atoms with Gasteiger partial charge in [0.05, 0.1) is 11.0 Å². The number of aromatic carboxylic acids is 1. The van der Waals surface area contributed by atoms with Crippen LogP contribution in [0.5, 0.6) is 0 Å². The van der Waals surface area contributed by atoms with Gasteiger partial charge in [0.15, 0.2) is 0 Å². The van der Waals surface area contributed by atoms with Crippen LogP contribution in [0.15, 0.2) is 48.5 Å². The number of carboxylic acids is 1. The van der Waals surface area contributed by atoms with Gasteiger partial charge in [-0.2, -0.15) is 0 Å². The normalized spacial score (nSPS) is 15.9. The summed E-state index contributed by atoms with van der Waals surface area (Å²) >= 11 is 0. The fraction of sp³-hybridized carbons (Fsp3) is 0.300. The predicted molar refractivity (Wildman–Crippen MR) is 93.4 cm³/mol. The Hall–Kier alpha value is -2.62.